The number of hydrogen-bond acceptors (Lipinski definition) is 3. The van der Waals surface area contributed by atoms with Gasteiger partial charge in [0.2, 0.25) is 11.8 Å². The summed E-state index contributed by atoms with van der Waals surface area (Å²) in [6.45, 7) is 0.102. The van der Waals surface area contributed by atoms with Gasteiger partial charge in [-0.1, -0.05) is 12.1 Å². The van der Waals surface area contributed by atoms with E-state index in [-0.39, 0.29) is 24.6 Å². The van der Waals surface area contributed by atoms with E-state index in [0.717, 1.165) is 6.07 Å². The summed E-state index contributed by atoms with van der Waals surface area (Å²) in [4.78, 5) is 28.0. The van der Waals surface area contributed by atoms with Crippen LogP contribution in [-0.2, 0) is 15.8 Å². The van der Waals surface area contributed by atoms with Crippen LogP contribution in [0.25, 0.3) is 0 Å². The van der Waals surface area contributed by atoms with Crippen LogP contribution in [0.2, 0.25) is 0 Å². The molecular formula is C20H19BrF3N3O2. The minimum Gasteiger partial charge on any atom is -0.378 e. The number of anilines is 3. The summed E-state index contributed by atoms with van der Waals surface area (Å²) < 4.78 is 41.1. The van der Waals surface area contributed by atoms with Gasteiger partial charge < -0.3 is 15.1 Å². The number of hydrogen-bond donors (Lipinski definition) is 1. The largest absolute Gasteiger partial charge is 0.418 e. The van der Waals surface area contributed by atoms with Crippen molar-refractivity contribution in [3.05, 3.63) is 52.5 Å². The number of nitrogens with zero attached hydrogens (tertiary/aromatic N) is 2. The molecule has 5 nitrogen and oxygen atoms in total. The lowest BCUT2D eigenvalue weighted by Gasteiger charge is -2.20. The molecule has 0 aromatic heterocycles. The van der Waals surface area contributed by atoms with E-state index in [1.807, 2.05) is 0 Å². The summed E-state index contributed by atoms with van der Waals surface area (Å²) in [5, 5.41) is 2.36. The molecule has 2 aromatic rings. The van der Waals surface area contributed by atoms with E-state index in [1.54, 1.807) is 43.3 Å². The van der Waals surface area contributed by atoms with Crippen LogP contribution in [0.1, 0.15) is 12.0 Å². The van der Waals surface area contributed by atoms with Crippen molar-refractivity contribution in [1.82, 2.24) is 0 Å². The fraction of sp³-hybridized carbons (Fsp3) is 0.300. The van der Waals surface area contributed by atoms with Crippen molar-refractivity contribution in [3.8, 4) is 0 Å². The standard InChI is InChI=1S/C20H19BrF3N3O2/c1-26(2)13-7-8-16(14(10-13)20(22,23)24)25-19(29)12-9-18(28)27(11-12)17-6-4-3-5-15(17)21/h3-8,10,12H,9,11H2,1-2H3,(H,25,29). The first-order valence-electron chi connectivity index (χ1n) is 8.82. The lowest BCUT2D eigenvalue weighted by Crippen LogP contribution is -2.29. The van der Waals surface area contributed by atoms with E-state index >= 15 is 0 Å². The van der Waals surface area contributed by atoms with Crippen molar-refractivity contribution in [2.45, 2.75) is 12.6 Å². The van der Waals surface area contributed by atoms with Crippen LogP contribution in [0, 0.1) is 5.92 Å². The maximum atomic E-state index is 13.5. The van der Waals surface area contributed by atoms with E-state index in [2.05, 4.69) is 21.2 Å². The number of alkyl halides is 3. The van der Waals surface area contributed by atoms with E-state index in [4.69, 9.17) is 0 Å². The average Bonchev–Trinajstić information content (AvgIpc) is 3.03. The molecule has 9 heteroatoms. The number of carbonyl (C=O) groups is 2. The molecule has 0 bridgehead atoms. The summed E-state index contributed by atoms with van der Waals surface area (Å²) in [6, 6.07) is 10.8. The number of carbonyl (C=O) groups excluding carboxylic acids is 2. The van der Waals surface area contributed by atoms with Gasteiger partial charge in [-0.2, -0.15) is 13.2 Å². The predicted molar refractivity (Wildman–Crippen MR) is 109 cm³/mol. The van der Waals surface area contributed by atoms with E-state index in [9.17, 15) is 22.8 Å². The van der Waals surface area contributed by atoms with E-state index in [1.165, 1.54) is 17.0 Å². The molecule has 1 fully saturated rings. The van der Waals surface area contributed by atoms with Gasteiger partial charge in [-0.3, -0.25) is 9.59 Å². The molecule has 0 aliphatic carbocycles. The summed E-state index contributed by atoms with van der Waals surface area (Å²) >= 11 is 3.37. The molecule has 2 amide bonds. The first-order chi connectivity index (χ1) is 13.6. The molecule has 3 rings (SSSR count). The SMILES string of the molecule is CN(C)c1ccc(NC(=O)C2CC(=O)N(c3ccccc3Br)C2)c(C(F)(F)F)c1. The Morgan fingerprint density at radius 3 is 2.52 bits per heavy atom. The van der Waals surface area contributed by atoms with Gasteiger partial charge in [0.05, 0.1) is 22.9 Å². The zero-order valence-corrected chi connectivity index (χ0v) is 17.3. The van der Waals surface area contributed by atoms with Crippen molar-refractivity contribution < 1.29 is 22.8 Å². The maximum Gasteiger partial charge on any atom is 0.418 e. The maximum absolute atomic E-state index is 13.5. The number of nitrogens with one attached hydrogen (secondary N) is 1. The topological polar surface area (TPSA) is 52.7 Å². The highest BCUT2D eigenvalue weighted by Gasteiger charge is 2.38. The number of rotatable bonds is 4. The van der Waals surface area contributed by atoms with Gasteiger partial charge in [0.1, 0.15) is 0 Å². The molecule has 1 saturated heterocycles. The fourth-order valence-electron chi connectivity index (χ4n) is 3.18. The van der Waals surface area contributed by atoms with Crippen molar-refractivity contribution in [2.75, 3.05) is 35.8 Å². The van der Waals surface area contributed by atoms with Crippen LogP contribution in [0.15, 0.2) is 46.9 Å². The van der Waals surface area contributed by atoms with Crippen molar-refractivity contribution >= 4 is 44.8 Å². The van der Waals surface area contributed by atoms with Gasteiger partial charge in [0, 0.05) is 37.2 Å². The van der Waals surface area contributed by atoms with Crippen LogP contribution in [0.4, 0.5) is 30.2 Å². The van der Waals surface area contributed by atoms with Crippen molar-refractivity contribution in [2.24, 2.45) is 5.92 Å². The number of para-hydroxylation sites is 1. The molecule has 1 atom stereocenters. The molecule has 1 heterocycles. The van der Waals surface area contributed by atoms with E-state index < -0.39 is 23.6 Å². The van der Waals surface area contributed by atoms with Crippen molar-refractivity contribution in [3.63, 3.8) is 0 Å². The normalized spacial score (nSPS) is 16.8. The molecule has 1 N–H and O–H groups in total. The molecule has 0 radical (unpaired) electrons. The first-order valence-corrected chi connectivity index (χ1v) is 9.61. The van der Waals surface area contributed by atoms with Crippen LogP contribution in [-0.4, -0.2) is 32.5 Å². The van der Waals surface area contributed by atoms with Gasteiger partial charge >= 0.3 is 6.18 Å². The first kappa shape index (κ1) is 21.2. The lowest BCUT2D eigenvalue weighted by atomic mass is 10.1. The van der Waals surface area contributed by atoms with Crippen molar-refractivity contribution in [1.29, 1.82) is 0 Å². The summed E-state index contributed by atoms with van der Waals surface area (Å²) in [7, 11) is 3.27. The molecule has 2 aromatic carbocycles. The molecule has 1 aliphatic rings. The van der Waals surface area contributed by atoms with Crippen LogP contribution >= 0.6 is 15.9 Å². The molecule has 154 valence electrons. The third kappa shape index (κ3) is 4.55. The van der Waals surface area contributed by atoms with Gasteiger partial charge in [0.15, 0.2) is 0 Å². The van der Waals surface area contributed by atoms with Gasteiger partial charge in [-0.15, -0.1) is 0 Å². The fourth-order valence-corrected chi connectivity index (χ4v) is 3.67. The number of amides is 2. The quantitative estimate of drug-likeness (QED) is 0.715. The Balaban J connectivity index is 1.81. The second kappa shape index (κ2) is 8.06. The highest BCUT2D eigenvalue weighted by atomic mass is 79.9. The monoisotopic (exact) mass is 469 g/mol. The molecule has 1 unspecified atom stereocenters. The second-order valence-electron chi connectivity index (χ2n) is 6.97. The summed E-state index contributed by atoms with van der Waals surface area (Å²) in [5.74, 6) is -1.61. The summed E-state index contributed by atoms with van der Waals surface area (Å²) in [5.41, 5.74) is -0.255. The smallest absolute Gasteiger partial charge is 0.378 e. The van der Waals surface area contributed by atoms with Crippen LogP contribution < -0.4 is 15.1 Å². The summed E-state index contributed by atoms with van der Waals surface area (Å²) in [6.07, 6.45) is -4.69. The Hall–Kier alpha value is -2.55. The Kier molecular flexibility index (Phi) is 5.88. The van der Waals surface area contributed by atoms with Gasteiger partial charge in [0.25, 0.3) is 0 Å². The number of halogens is 4. The Bertz CT molecular complexity index is 947. The molecule has 29 heavy (non-hydrogen) atoms. The highest BCUT2D eigenvalue weighted by Crippen LogP contribution is 2.38. The molecular weight excluding hydrogens is 451 g/mol. The minimum atomic E-state index is -4.62. The van der Waals surface area contributed by atoms with Gasteiger partial charge in [-0.05, 0) is 46.3 Å². The average molecular weight is 470 g/mol. The molecule has 0 spiro atoms. The van der Waals surface area contributed by atoms with Crippen LogP contribution in [0.5, 0.6) is 0 Å². The zero-order valence-electron chi connectivity index (χ0n) is 15.8. The molecule has 1 aliphatic heterocycles. The lowest BCUT2D eigenvalue weighted by molar-refractivity contribution is -0.137. The van der Waals surface area contributed by atoms with Gasteiger partial charge in [-0.25, -0.2) is 0 Å². The Labute approximate surface area is 174 Å². The Morgan fingerprint density at radius 2 is 1.90 bits per heavy atom. The predicted octanol–water partition coefficient (Wildman–Crippen LogP) is 4.53. The second-order valence-corrected chi connectivity index (χ2v) is 7.82. The zero-order chi connectivity index (χ0) is 21.3. The Morgan fingerprint density at radius 1 is 1.21 bits per heavy atom. The molecule has 0 saturated carbocycles. The number of benzene rings is 2. The minimum absolute atomic E-state index is 0.0652. The third-order valence-corrected chi connectivity index (χ3v) is 5.39. The third-order valence-electron chi connectivity index (χ3n) is 4.72. The van der Waals surface area contributed by atoms with E-state index in [0.29, 0.717) is 15.8 Å². The van der Waals surface area contributed by atoms with Crippen LogP contribution in [0.3, 0.4) is 0 Å². The highest BCUT2D eigenvalue weighted by molar-refractivity contribution is 9.10.